The molecule has 0 amide bonds. The van der Waals surface area contributed by atoms with Crippen LogP contribution in [0.15, 0.2) is 48.6 Å². The quantitative estimate of drug-likeness (QED) is 0.0241. The largest absolute Gasteiger partial charge is 0.480 e. The Bertz CT molecular complexity index is 1070. The van der Waals surface area contributed by atoms with Gasteiger partial charge in [-0.2, -0.15) is 0 Å². The maximum absolute atomic E-state index is 12.6. The summed E-state index contributed by atoms with van der Waals surface area (Å²) >= 11 is 0. The van der Waals surface area contributed by atoms with Crippen LogP contribution in [0.3, 0.4) is 0 Å². The minimum Gasteiger partial charge on any atom is -0.480 e. The summed E-state index contributed by atoms with van der Waals surface area (Å²) in [5, 5.41) is 8.86. The minimum absolute atomic E-state index is 0.139. The number of rotatable bonds is 36. The molecule has 0 bridgehead atoms. The number of nitrogens with two attached hydrogens (primary N) is 1. The number of phosphoric acid groups is 1. The first-order chi connectivity index (χ1) is 25.1. The molecule has 0 saturated heterocycles. The van der Waals surface area contributed by atoms with E-state index >= 15 is 0 Å². The van der Waals surface area contributed by atoms with Gasteiger partial charge < -0.3 is 25.2 Å². The first-order valence-electron chi connectivity index (χ1n) is 19.7. The molecule has 0 fully saturated rings. The highest BCUT2D eigenvalue weighted by Crippen LogP contribution is 2.43. The number of aliphatic carboxylic acids is 1. The summed E-state index contributed by atoms with van der Waals surface area (Å²) in [5.41, 5.74) is 5.32. The van der Waals surface area contributed by atoms with Crippen molar-refractivity contribution in [3.8, 4) is 0 Å². The highest BCUT2D eigenvalue weighted by atomic mass is 31.2. The van der Waals surface area contributed by atoms with E-state index in [0.29, 0.717) is 12.8 Å². The molecule has 0 saturated carbocycles. The summed E-state index contributed by atoms with van der Waals surface area (Å²) < 4.78 is 32.6. The molecule has 0 spiro atoms. The van der Waals surface area contributed by atoms with E-state index in [4.69, 9.17) is 24.8 Å². The van der Waals surface area contributed by atoms with Gasteiger partial charge in [-0.1, -0.05) is 120 Å². The van der Waals surface area contributed by atoms with E-state index in [9.17, 15) is 23.8 Å². The van der Waals surface area contributed by atoms with Crippen LogP contribution < -0.4 is 5.73 Å². The molecule has 0 radical (unpaired) electrons. The number of allylic oxidation sites excluding steroid dienone is 8. The zero-order valence-electron chi connectivity index (χ0n) is 32.1. The SMILES string of the molecule is CC/C=C\C/C=C\C/C=C\CCCCCCCC(=O)OC(COC(=O)CCCCCCC/C=C\CCCCCC)COP(=O)(O)OCC(N)C(=O)O. The van der Waals surface area contributed by atoms with Crippen LogP contribution in [0, 0.1) is 0 Å². The van der Waals surface area contributed by atoms with Gasteiger partial charge in [0.2, 0.25) is 0 Å². The number of hydrogen-bond donors (Lipinski definition) is 3. The fourth-order valence-corrected chi connectivity index (χ4v) is 5.73. The van der Waals surface area contributed by atoms with E-state index in [0.717, 1.165) is 89.9 Å². The summed E-state index contributed by atoms with van der Waals surface area (Å²) in [6, 6.07) is -1.53. The van der Waals surface area contributed by atoms with Gasteiger partial charge in [0.05, 0.1) is 13.2 Å². The van der Waals surface area contributed by atoms with Crippen LogP contribution in [0.2, 0.25) is 0 Å². The van der Waals surface area contributed by atoms with Crippen LogP contribution in [0.1, 0.15) is 155 Å². The summed E-state index contributed by atoms with van der Waals surface area (Å²) in [7, 11) is -4.72. The number of carbonyl (C=O) groups excluding carboxylic acids is 2. The number of carboxylic acid groups (broad SMARTS) is 1. The predicted molar refractivity (Wildman–Crippen MR) is 208 cm³/mol. The molecule has 0 aromatic carbocycles. The number of carboxylic acids is 1. The molecule has 0 heterocycles. The average molecular weight is 756 g/mol. The standard InChI is InChI=1S/C40H70NO10P/c1-3-5-7-9-11-13-15-17-18-20-22-24-26-28-30-32-39(43)51-36(34-49-52(46,47)50-35-37(41)40(44)45)33-48-38(42)31-29-27-25-23-21-19-16-14-12-10-8-6-4-2/h5,7,11,13-14,16-18,36-37H,3-4,6,8-10,12,15,19-35,41H2,1-2H3,(H,44,45)(H,46,47)/b7-5-,13-11-,16-14-,18-17-. The number of carbonyl (C=O) groups is 3. The van der Waals surface area contributed by atoms with E-state index in [1.165, 1.54) is 25.7 Å². The highest BCUT2D eigenvalue weighted by molar-refractivity contribution is 7.47. The maximum Gasteiger partial charge on any atom is 0.472 e. The van der Waals surface area contributed by atoms with Gasteiger partial charge in [-0.05, 0) is 70.6 Å². The van der Waals surface area contributed by atoms with Gasteiger partial charge in [-0.15, -0.1) is 0 Å². The molecule has 11 nitrogen and oxygen atoms in total. The Hall–Kier alpha value is -2.56. The molecule has 0 aromatic rings. The molecule has 4 N–H and O–H groups in total. The smallest absolute Gasteiger partial charge is 0.472 e. The summed E-state index contributed by atoms with van der Waals surface area (Å²) in [6.45, 7) is 2.62. The molecule has 52 heavy (non-hydrogen) atoms. The topological polar surface area (TPSA) is 172 Å². The Morgan fingerprint density at radius 3 is 1.63 bits per heavy atom. The number of esters is 2. The normalized spacial score (nSPS) is 14.4. The second kappa shape index (κ2) is 35.5. The molecular formula is C40H70NO10P. The lowest BCUT2D eigenvalue weighted by Gasteiger charge is -2.20. The van der Waals surface area contributed by atoms with Gasteiger partial charge in [-0.3, -0.25) is 23.4 Å². The minimum atomic E-state index is -4.72. The number of unbranched alkanes of at least 4 members (excludes halogenated alkanes) is 14. The molecule has 0 aliphatic heterocycles. The third-order valence-electron chi connectivity index (χ3n) is 8.06. The average Bonchev–Trinajstić information content (AvgIpc) is 3.12. The number of ether oxygens (including phenoxy) is 2. The molecule has 0 rings (SSSR count). The van der Waals surface area contributed by atoms with Crippen LogP contribution in [-0.4, -0.2) is 59.9 Å². The van der Waals surface area contributed by atoms with E-state index in [-0.39, 0.29) is 19.4 Å². The van der Waals surface area contributed by atoms with Gasteiger partial charge in [0, 0.05) is 12.8 Å². The van der Waals surface area contributed by atoms with Crippen molar-refractivity contribution in [1.82, 2.24) is 0 Å². The van der Waals surface area contributed by atoms with Crippen molar-refractivity contribution in [2.24, 2.45) is 5.73 Å². The van der Waals surface area contributed by atoms with Crippen LogP contribution in [0.4, 0.5) is 0 Å². The van der Waals surface area contributed by atoms with Crippen molar-refractivity contribution < 1.29 is 47.5 Å². The lowest BCUT2D eigenvalue weighted by Crippen LogP contribution is -2.34. The zero-order valence-corrected chi connectivity index (χ0v) is 33.0. The van der Waals surface area contributed by atoms with Crippen LogP contribution >= 0.6 is 7.82 Å². The summed E-state index contributed by atoms with van der Waals surface area (Å²) in [6.07, 6.45) is 37.5. The van der Waals surface area contributed by atoms with E-state index in [1.54, 1.807) is 0 Å². The lowest BCUT2D eigenvalue weighted by atomic mass is 10.1. The molecule has 3 atom stereocenters. The van der Waals surface area contributed by atoms with Gasteiger partial charge >= 0.3 is 25.7 Å². The Kier molecular flexibility index (Phi) is 33.7. The fourth-order valence-electron chi connectivity index (χ4n) is 4.95. The lowest BCUT2D eigenvalue weighted by molar-refractivity contribution is -0.161. The maximum atomic E-state index is 12.6. The van der Waals surface area contributed by atoms with E-state index in [1.807, 2.05) is 0 Å². The first kappa shape index (κ1) is 49.4. The van der Waals surface area contributed by atoms with Crippen LogP contribution in [0.5, 0.6) is 0 Å². The van der Waals surface area contributed by atoms with Crippen molar-refractivity contribution in [3.05, 3.63) is 48.6 Å². The van der Waals surface area contributed by atoms with Crippen molar-refractivity contribution >= 4 is 25.7 Å². The Morgan fingerprint density at radius 2 is 1.08 bits per heavy atom. The van der Waals surface area contributed by atoms with Gasteiger partial charge in [0.15, 0.2) is 6.10 Å². The summed E-state index contributed by atoms with van der Waals surface area (Å²) in [4.78, 5) is 45.8. The van der Waals surface area contributed by atoms with Gasteiger partial charge in [0.1, 0.15) is 12.6 Å². The molecule has 0 aromatic heterocycles. The second-order valence-electron chi connectivity index (χ2n) is 13.0. The Morgan fingerprint density at radius 1 is 0.615 bits per heavy atom. The third-order valence-corrected chi connectivity index (χ3v) is 9.01. The molecule has 3 unspecified atom stereocenters. The zero-order chi connectivity index (χ0) is 38.5. The second-order valence-corrected chi connectivity index (χ2v) is 14.5. The van der Waals surface area contributed by atoms with Crippen molar-refractivity contribution in [2.45, 2.75) is 167 Å². The number of hydrogen-bond acceptors (Lipinski definition) is 9. The van der Waals surface area contributed by atoms with E-state index in [2.05, 4.69) is 67.0 Å². The number of phosphoric ester groups is 1. The monoisotopic (exact) mass is 755 g/mol. The van der Waals surface area contributed by atoms with Gasteiger partial charge in [-0.25, -0.2) is 4.57 Å². The van der Waals surface area contributed by atoms with E-state index < -0.39 is 51.1 Å². The highest BCUT2D eigenvalue weighted by Gasteiger charge is 2.28. The molecule has 0 aliphatic rings. The summed E-state index contributed by atoms with van der Waals surface area (Å²) in [5.74, 6) is -2.42. The Labute approximate surface area is 314 Å². The molecule has 0 aliphatic carbocycles. The van der Waals surface area contributed by atoms with Crippen molar-refractivity contribution in [3.63, 3.8) is 0 Å². The predicted octanol–water partition coefficient (Wildman–Crippen LogP) is 9.83. The molecule has 12 heteroatoms. The van der Waals surface area contributed by atoms with Crippen LogP contribution in [0.25, 0.3) is 0 Å². The van der Waals surface area contributed by atoms with Crippen molar-refractivity contribution in [2.75, 3.05) is 19.8 Å². The van der Waals surface area contributed by atoms with Gasteiger partial charge in [0.25, 0.3) is 0 Å². The molecule has 300 valence electrons. The Balaban J connectivity index is 4.48. The van der Waals surface area contributed by atoms with Crippen molar-refractivity contribution in [1.29, 1.82) is 0 Å². The third kappa shape index (κ3) is 34.5. The van der Waals surface area contributed by atoms with Crippen LogP contribution in [-0.2, 0) is 37.5 Å². The first-order valence-corrected chi connectivity index (χ1v) is 21.2. The molecular weight excluding hydrogens is 685 g/mol. The fraction of sp³-hybridized carbons (Fsp3) is 0.725.